The maximum Gasteiger partial charge on any atom is 0.302 e. The number of hydrogen-bond donors (Lipinski definition) is 0. The largest absolute Gasteiger partial charge is 0.352 e. The minimum Gasteiger partial charge on any atom is -0.352 e. The highest BCUT2D eigenvalue weighted by Crippen LogP contribution is 2.16. The number of Topliss-reactive ketones (excluding diaryl/α,β-unsaturated/α-hetero) is 1. The molecule has 0 spiro atoms. The van der Waals surface area contributed by atoms with Crippen molar-refractivity contribution in [2.24, 2.45) is 0 Å². The van der Waals surface area contributed by atoms with Gasteiger partial charge in [0.15, 0.2) is 6.29 Å². The van der Waals surface area contributed by atoms with Crippen molar-refractivity contribution in [2.45, 2.75) is 12.7 Å². The van der Waals surface area contributed by atoms with Crippen molar-refractivity contribution in [2.75, 3.05) is 14.2 Å². The van der Waals surface area contributed by atoms with Crippen molar-refractivity contribution in [1.29, 1.82) is 0 Å². The summed E-state index contributed by atoms with van der Waals surface area (Å²) in [7, 11) is 2.87. The van der Waals surface area contributed by atoms with E-state index in [2.05, 4.69) is 4.98 Å². The van der Waals surface area contributed by atoms with Gasteiger partial charge in [-0.2, -0.15) is 0 Å². The number of alkyl halides is 2. The number of ketones is 1. The van der Waals surface area contributed by atoms with Gasteiger partial charge in [-0.25, -0.2) is 8.78 Å². The lowest BCUT2D eigenvalue weighted by Crippen LogP contribution is -2.13. The molecule has 0 aliphatic heterocycles. The lowest BCUT2D eigenvalue weighted by molar-refractivity contribution is -0.106. The van der Waals surface area contributed by atoms with Crippen LogP contribution in [-0.2, 0) is 9.47 Å². The van der Waals surface area contributed by atoms with E-state index in [0.717, 1.165) is 0 Å². The third kappa shape index (κ3) is 2.80. The maximum atomic E-state index is 12.1. The van der Waals surface area contributed by atoms with Crippen molar-refractivity contribution < 1.29 is 23.0 Å². The van der Waals surface area contributed by atoms with Crippen LogP contribution in [0.4, 0.5) is 8.78 Å². The van der Waals surface area contributed by atoms with Crippen LogP contribution in [0.5, 0.6) is 0 Å². The zero-order valence-corrected chi connectivity index (χ0v) is 8.81. The number of pyridine rings is 1. The Morgan fingerprint density at radius 2 is 1.94 bits per heavy atom. The number of carbonyl (C=O) groups is 1. The molecule has 1 aromatic heterocycles. The van der Waals surface area contributed by atoms with E-state index < -0.39 is 18.5 Å². The van der Waals surface area contributed by atoms with Gasteiger partial charge in [0, 0.05) is 26.0 Å². The van der Waals surface area contributed by atoms with Gasteiger partial charge in [0.25, 0.3) is 0 Å². The van der Waals surface area contributed by atoms with Gasteiger partial charge < -0.3 is 9.47 Å². The molecular weight excluding hydrogens is 220 g/mol. The van der Waals surface area contributed by atoms with E-state index in [1.807, 2.05) is 0 Å². The Bertz CT molecular complexity index is 350. The van der Waals surface area contributed by atoms with Crippen molar-refractivity contribution >= 4 is 5.78 Å². The van der Waals surface area contributed by atoms with Crippen molar-refractivity contribution in [3.05, 3.63) is 29.6 Å². The topological polar surface area (TPSA) is 48.4 Å². The molecule has 0 fully saturated rings. The highest BCUT2D eigenvalue weighted by atomic mass is 19.3. The number of hydrogen-bond acceptors (Lipinski definition) is 4. The van der Waals surface area contributed by atoms with E-state index in [1.165, 1.54) is 32.5 Å². The van der Waals surface area contributed by atoms with E-state index >= 15 is 0 Å². The minimum absolute atomic E-state index is 0.273. The molecule has 0 aliphatic carbocycles. The molecule has 0 N–H and O–H groups in total. The van der Waals surface area contributed by atoms with Crippen LogP contribution < -0.4 is 0 Å². The number of methoxy groups -OCH3 is 2. The molecule has 16 heavy (non-hydrogen) atoms. The molecule has 0 aromatic carbocycles. The molecule has 0 aliphatic rings. The summed E-state index contributed by atoms with van der Waals surface area (Å²) in [6, 6.07) is 2.68. The van der Waals surface area contributed by atoms with Crippen molar-refractivity contribution in [1.82, 2.24) is 4.98 Å². The zero-order valence-electron chi connectivity index (χ0n) is 8.81. The van der Waals surface area contributed by atoms with Gasteiger partial charge >= 0.3 is 6.43 Å². The van der Waals surface area contributed by atoms with E-state index in [9.17, 15) is 13.6 Å². The van der Waals surface area contributed by atoms with Crippen LogP contribution in [0.25, 0.3) is 0 Å². The summed E-state index contributed by atoms with van der Waals surface area (Å²) in [5.74, 6) is -1.29. The van der Waals surface area contributed by atoms with E-state index in [0.29, 0.717) is 5.56 Å². The number of aromatic nitrogens is 1. The first kappa shape index (κ1) is 12.7. The quantitative estimate of drug-likeness (QED) is 0.573. The summed E-state index contributed by atoms with van der Waals surface area (Å²) < 4.78 is 34.0. The van der Waals surface area contributed by atoms with Crippen molar-refractivity contribution in [3.8, 4) is 0 Å². The molecule has 0 atom stereocenters. The molecular formula is C10H11F2NO3. The first-order chi connectivity index (χ1) is 7.60. The molecule has 1 aromatic rings. The average molecular weight is 231 g/mol. The molecule has 0 saturated heterocycles. The van der Waals surface area contributed by atoms with Crippen LogP contribution in [0.3, 0.4) is 0 Å². The first-order valence-electron chi connectivity index (χ1n) is 4.44. The van der Waals surface area contributed by atoms with Gasteiger partial charge in [-0.15, -0.1) is 0 Å². The Kier molecular flexibility index (Phi) is 4.45. The molecule has 4 nitrogen and oxygen atoms in total. The summed E-state index contributed by atoms with van der Waals surface area (Å²) in [4.78, 5) is 14.5. The fourth-order valence-electron chi connectivity index (χ4n) is 1.17. The summed E-state index contributed by atoms with van der Waals surface area (Å²) in [5.41, 5.74) is 0.278. The highest BCUT2D eigenvalue weighted by molar-refractivity contribution is 5.96. The molecule has 1 heterocycles. The smallest absolute Gasteiger partial charge is 0.302 e. The highest BCUT2D eigenvalue weighted by Gasteiger charge is 2.19. The zero-order chi connectivity index (χ0) is 12.1. The number of nitrogens with zero attached hydrogens (tertiary/aromatic N) is 1. The monoisotopic (exact) mass is 231 g/mol. The second kappa shape index (κ2) is 5.62. The first-order valence-corrected chi connectivity index (χ1v) is 4.44. The Balaban J connectivity index is 2.86. The number of carbonyl (C=O) groups excluding carboxylic acids is 1. The maximum absolute atomic E-state index is 12.1. The van der Waals surface area contributed by atoms with Gasteiger partial charge in [-0.1, -0.05) is 6.07 Å². The molecule has 0 saturated carbocycles. The van der Waals surface area contributed by atoms with Gasteiger partial charge in [-0.05, 0) is 6.07 Å². The summed E-state index contributed by atoms with van der Waals surface area (Å²) in [5, 5.41) is 0. The van der Waals surface area contributed by atoms with Crippen LogP contribution in [0.1, 0.15) is 22.3 Å². The molecule has 0 unspecified atom stereocenters. The molecule has 1 rings (SSSR count). The summed E-state index contributed by atoms with van der Waals surface area (Å²) in [6.45, 7) is 0. The number of halogens is 2. The number of ether oxygens (including phenoxy) is 2. The standard InChI is InChI=1S/C10H11F2NO3/c1-15-10(16-2)6-3-4-7(13-5-6)8(14)9(11)12/h3-5,9-10H,1-2H3. The normalized spacial score (nSPS) is 11.1. The molecule has 88 valence electrons. The Morgan fingerprint density at radius 1 is 1.31 bits per heavy atom. The Hall–Kier alpha value is -1.40. The third-order valence-electron chi connectivity index (χ3n) is 1.94. The fourth-order valence-corrected chi connectivity index (χ4v) is 1.17. The second-order valence-corrected chi connectivity index (χ2v) is 2.95. The van der Waals surface area contributed by atoms with E-state index in [4.69, 9.17) is 9.47 Å². The summed E-state index contributed by atoms with van der Waals surface area (Å²) in [6.07, 6.45) is -2.39. The van der Waals surface area contributed by atoms with Crippen LogP contribution in [0.15, 0.2) is 18.3 Å². The summed E-state index contributed by atoms with van der Waals surface area (Å²) >= 11 is 0. The van der Waals surface area contributed by atoms with Crippen LogP contribution >= 0.6 is 0 Å². The predicted octanol–water partition coefficient (Wildman–Crippen LogP) is 1.82. The minimum atomic E-state index is -3.04. The third-order valence-corrected chi connectivity index (χ3v) is 1.94. The van der Waals surface area contributed by atoms with Gasteiger partial charge in [0.05, 0.1) is 0 Å². The fraction of sp³-hybridized carbons (Fsp3) is 0.400. The predicted molar refractivity (Wildman–Crippen MR) is 51.3 cm³/mol. The van der Waals surface area contributed by atoms with Crippen LogP contribution in [0, 0.1) is 0 Å². The SMILES string of the molecule is COC(OC)c1ccc(C(=O)C(F)F)nc1. The lowest BCUT2D eigenvalue weighted by atomic mass is 10.2. The van der Waals surface area contributed by atoms with Crippen molar-refractivity contribution in [3.63, 3.8) is 0 Å². The van der Waals surface area contributed by atoms with Crippen LogP contribution in [0.2, 0.25) is 0 Å². The molecule has 0 amide bonds. The Morgan fingerprint density at radius 3 is 2.31 bits per heavy atom. The van der Waals surface area contributed by atoms with Crippen LogP contribution in [-0.4, -0.2) is 31.4 Å². The van der Waals surface area contributed by atoms with Gasteiger partial charge in [0.1, 0.15) is 5.69 Å². The van der Waals surface area contributed by atoms with Gasteiger partial charge in [-0.3, -0.25) is 9.78 Å². The van der Waals surface area contributed by atoms with E-state index in [1.54, 1.807) is 0 Å². The average Bonchev–Trinajstić information content (AvgIpc) is 2.30. The second-order valence-electron chi connectivity index (χ2n) is 2.95. The number of rotatable bonds is 5. The lowest BCUT2D eigenvalue weighted by Gasteiger charge is -2.13. The molecule has 0 bridgehead atoms. The molecule has 0 radical (unpaired) electrons. The molecule has 6 heteroatoms. The van der Waals surface area contributed by atoms with E-state index in [-0.39, 0.29) is 5.69 Å². The van der Waals surface area contributed by atoms with Gasteiger partial charge in [0.2, 0.25) is 5.78 Å². The Labute approximate surface area is 91.2 Å².